The van der Waals surface area contributed by atoms with Gasteiger partial charge in [0.15, 0.2) is 17.8 Å². The molecule has 5 rings (SSSR count). The third-order valence-electron chi connectivity index (χ3n) is 8.28. The van der Waals surface area contributed by atoms with E-state index in [-0.39, 0.29) is 38.5 Å². The van der Waals surface area contributed by atoms with Crippen molar-refractivity contribution in [1.82, 2.24) is 15.5 Å². The Bertz CT molecular complexity index is 1460. The van der Waals surface area contributed by atoms with Crippen molar-refractivity contribution in [1.29, 1.82) is 0 Å². The van der Waals surface area contributed by atoms with Crippen LogP contribution < -0.4 is 20.1 Å². The van der Waals surface area contributed by atoms with Gasteiger partial charge in [-0.3, -0.25) is 9.69 Å². The van der Waals surface area contributed by atoms with E-state index in [1.54, 1.807) is 21.1 Å². The van der Waals surface area contributed by atoms with E-state index in [9.17, 15) is 14.7 Å². The molecular weight excluding hydrogens is 590 g/mol. The lowest BCUT2D eigenvalue weighted by Crippen LogP contribution is -2.41. The first kappa shape index (κ1) is 33.2. The highest BCUT2D eigenvalue weighted by molar-refractivity contribution is 5.80. The number of ether oxygens (including phenoxy) is 5. The zero-order valence-electron chi connectivity index (χ0n) is 26.6. The number of methoxy groups -OCH3 is 2. The summed E-state index contributed by atoms with van der Waals surface area (Å²) >= 11 is 0. The molecule has 11 nitrogen and oxygen atoms in total. The molecule has 3 aromatic rings. The Morgan fingerprint density at radius 3 is 2.26 bits per heavy atom. The number of carbonyl (C=O) groups excluding carboxylic acids is 2. The van der Waals surface area contributed by atoms with Gasteiger partial charge in [-0.05, 0) is 53.3 Å². The molecule has 3 aromatic carbocycles. The van der Waals surface area contributed by atoms with Crippen LogP contribution in [0.15, 0.2) is 60.7 Å². The molecule has 1 fully saturated rings. The minimum Gasteiger partial charge on any atom is -0.493 e. The SMILES string of the molecule is CCOC(=O)CNC(=O)NCc1ccc([C@H]2O[C@@H](CN3CCc4cc(OC)c(OC)cc4C3)C[C@@H](c3ccc(CO)cc3)O2)cc1. The van der Waals surface area contributed by atoms with Crippen molar-refractivity contribution in [3.05, 3.63) is 94.0 Å². The molecule has 0 spiro atoms. The van der Waals surface area contributed by atoms with Gasteiger partial charge in [0.2, 0.25) is 0 Å². The maximum Gasteiger partial charge on any atom is 0.325 e. The third kappa shape index (κ3) is 8.55. The van der Waals surface area contributed by atoms with Gasteiger partial charge >= 0.3 is 12.0 Å². The maximum atomic E-state index is 12.1. The fourth-order valence-corrected chi connectivity index (χ4v) is 5.82. The fourth-order valence-electron chi connectivity index (χ4n) is 5.82. The van der Waals surface area contributed by atoms with Crippen LogP contribution in [0.1, 0.15) is 59.1 Å². The van der Waals surface area contributed by atoms with Gasteiger partial charge < -0.3 is 39.4 Å². The van der Waals surface area contributed by atoms with Crippen LogP contribution in [0, 0.1) is 0 Å². The molecule has 0 bridgehead atoms. The molecule has 46 heavy (non-hydrogen) atoms. The number of esters is 1. The number of benzene rings is 3. The number of aliphatic hydroxyl groups excluding tert-OH is 1. The molecule has 0 radical (unpaired) electrons. The van der Waals surface area contributed by atoms with E-state index in [0.717, 1.165) is 59.8 Å². The molecule has 2 heterocycles. The minimum absolute atomic E-state index is 0.0124. The van der Waals surface area contributed by atoms with E-state index in [1.165, 1.54) is 11.1 Å². The monoisotopic (exact) mass is 633 g/mol. The summed E-state index contributed by atoms with van der Waals surface area (Å²) in [6.45, 7) is 4.49. The second-order valence-corrected chi connectivity index (χ2v) is 11.4. The summed E-state index contributed by atoms with van der Waals surface area (Å²) in [6.07, 6.45) is 0.727. The van der Waals surface area contributed by atoms with Gasteiger partial charge in [0.25, 0.3) is 0 Å². The molecule has 2 amide bonds. The molecule has 1 saturated heterocycles. The molecular formula is C35H43N3O8. The third-order valence-corrected chi connectivity index (χ3v) is 8.28. The summed E-state index contributed by atoms with van der Waals surface area (Å²) in [4.78, 5) is 26.0. The van der Waals surface area contributed by atoms with E-state index in [2.05, 4.69) is 27.7 Å². The molecule has 2 aliphatic rings. The summed E-state index contributed by atoms with van der Waals surface area (Å²) < 4.78 is 29.0. The number of amides is 2. The molecule has 0 aliphatic carbocycles. The van der Waals surface area contributed by atoms with Crippen molar-refractivity contribution in [2.75, 3.05) is 40.5 Å². The van der Waals surface area contributed by atoms with E-state index in [1.807, 2.05) is 48.5 Å². The van der Waals surface area contributed by atoms with Gasteiger partial charge in [-0.15, -0.1) is 0 Å². The Morgan fingerprint density at radius 1 is 0.913 bits per heavy atom. The Morgan fingerprint density at radius 2 is 1.59 bits per heavy atom. The normalized spacial score (nSPS) is 19.5. The van der Waals surface area contributed by atoms with Gasteiger partial charge in [-0.25, -0.2) is 4.79 Å². The average molecular weight is 634 g/mol. The molecule has 0 unspecified atom stereocenters. The summed E-state index contributed by atoms with van der Waals surface area (Å²) in [5.74, 6) is 0.994. The number of hydrogen-bond donors (Lipinski definition) is 3. The van der Waals surface area contributed by atoms with Crippen molar-refractivity contribution in [3.8, 4) is 11.5 Å². The van der Waals surface area contributed by atoms with Gasteiger partial charge in [0, 0.05) is 38.2 Å². The first-order valence-electron chi connectivity index (χ1n) is 15.6. The van der Waals surface area contributed by atoms with Crippen LogP contribution >= 0.6 is 0 Å². The van der Waals surface area contributed by atoms with Gasteiger partial charge in [-0.1, -0.05) is 48.5 Å². The lowest BCUT2D eigenvalue weighted by Gasteiger charge is -2.39. The van der Waals surface area contributed by atoms with Crippen LogP contribution in [0.3, 0.4) is 0 Å². The molecule has 0 saturated carbocycles. The molecule has 246 valence electrons. The number of fused-ring (bicyclic) bond motifs is 1. The van der Waals surface area contributed by atoms with Crippen molar-refractivity contribution in [2.24, 2.45) is 0 Å². The molecule has 0 aromatic heterocycles. The Labute approximate surface area is 269 Å². The topological polar surface area (TPSA) is 128 Å². The summed E-state index contributed by atoms with van der Waals surface area (Å²) in [7, 11) is 3.31. The number of nitrogens with one attached hydrogen (secondary N) is 2. The van der Waals surface area contributed by atoms with Crippen LogP contribution in [0.4, 0.5) is 4.79 Å². The van der Waals surface area contributed by atoms with Crippen molar-refractivity contribution in [2.45, 2.75) is 58.0 Å². The number of aliphatic hydroxyl groups is 1. The average Bonchev–Trinajstić information content (AvgIpc) is 3.09. The summed E-state index contributed by atoms with van der Waals surface area (Å²) in [5, 5.41) is 14.8. The zero-order valence-corrected chi connectivity index (χ0v) is 26.6. The van der Waals surface area contributed by atoms with E-state index in [4.69, 9.17) is 23.7 Å². The van der Waals surface area contributed by atoms with Gasteiger partial charge in [0.1, 0.15) is 6.54 Å². The number of hydrogen-bond acceptors (Lipinski definition) is 9. The van der Waals surface area contributed by atoms with Gasteiger partial charge in [0.05, 0.1) is 39.6 Å². The lowest BCUT2D eigenvalue weighted by atomic mass is 9.97. The smallest absolute Gasteiger partial charge is 0.325 e. The maximum absolute atomic E-state index is 12.1. The number of nitrogens with zero attached hydrogens (tertiary/aromatic N) is 1. The lowest BCUT2D eigenvalue weighted by molar-refractivity contribution is -0.253. The quantitative estimate of drug-likeness (QED) is 0.252. The molecule has 2 aliphatic heterocycles. The second-order valence-electron chi connectivity index (χ2n) is 11.4. The van der Waals surface area contributed by atoms with Crippen molar-refractivity contribution < 1.29 is 38.4 Å². The largest absolute Gasteiger partial charge is 0.493 e. The molecule has 3 N–H and O–H groups in total. The number of urea groups is 1. The van der Waals surface area contributed by atoms with Crippen LogP contribution in [0.25, 0.3) is 0 Å². The summed E-state index contributed by atoms with van der Waals surface area (Å²) in [6, 6.07) is 19.3. The first-order chi connectivity index (χ1) is 22.4. The number of rotatable bonds is 12. The van der Waals surface area contributed by atoms with Gasteiger partial charge in [-0.2, -0.15) is 0 Å². The Kier molecular flexibility index (Phi) is 11.5. The van der Waals surface area contributed by atoms with E-state index >= 15 is 0 Å². The van der Waals surface area contributed by atoms with E-state index in [0.29, 0.717) is 6.42 Å². The zero-order chi connectivity index (χ0) is 32.5. The first-order valence-corrected chi connectivity index (χ1v) is 15.6. The number of carbonyl (C=O) groups is 2. The van der Waals surface area contributed by atoms with Crippen LogP contribution in [-0.4, -0.2) is 68.6 Å². The molecule has 11 heteroatoms. The second kappa shape index (κ2) is 15.9. The van der Waals surface area contributed by atoms with Crippen molar-refractivity contribution >= 4 is 12.0 Å². The van der Waals surface area contributed by atoms with Crippen LogP contribution in [-0.2, 0) is 45.1 Å². The molecule has 3 atom stereocenters. The van der Waals surface area contributed by atoms with E-state index < -0.39 is 18.3 Å². The predicted octanol–water partition coefficient (Wildman–Crippen LogP) is 4.16. The highest BCUT2D eigenvalue weighted by atomic mass is 16.7. The summed E-state index contributed by atoms with van der Waals surface area (Å²) in [5.41, 5.74) is 6.14. The minimum atomic E-state index is -0.586. The standard InChI is InChI=1S/C35H43N3O8/c1-4-44-33(40)19-37-35(41)36-18-23-5-11-26(12-6-23)34-45-29(17-30(46-34)25-9-7-24(22-39)8-10-25)21-38-14-13-27-15-31(42-2)32(43-3)16-28(27)20-38/h5-12,15-16,29-30,34,39H,4,13-14,17-22H2,1-3H3,(H2,36,37,41)/t29-,30+,34+/m1/s1. The van der Waals surface area contributed by atoms with Crippen molar-refractivity contribution in [3.63, 3.8) is 0 Å². The van der Waals surface area contributed by atoms with Crippen LogP contribution in [0.5, 0.6) is 11.5 Å². The van der Waals surface area contributed by atoms with Crippen LogP contribution in [0.2, 0.25) is 0 Å². The highest BCUT2D eigenvalue weighted by Crippen LogP contribution is 2.39. The Balaban J connectivity index is 1.26. The predicted molar refractivity (Wildman–Crippen MR) is 170 cm³/mol. The highest BCUT2D eigenvalue weighted by Gasteiger charge is 2.34. The fraction of sp³-hybridized carbons (Fsp3) is 0.429. The Hall–Kier alpha value is -4.16.